The van der Waals surface area contributed by atoms with Gasteiger partial charge in [0.25, 0.3) is 10.0 Å². The van der Waals surface area contributed by atoms with E-state index in [9.17, 15) is 18.0 Å². The molecule has 0 aliphatic rings. The Labute approximate surface area is 278 Å². The minimum Gasteiger partial charge on any atom is -0.352 e. The zero-order valence-electron chi connectivity index (χ0n) is 24.6. The molecule has 4 aromatic carbocycles. The van der Waals surface area contributed by atoms with Gasteiger partial charge in [0.05, 0.1) is 10.6 Å². The predicted octanol–water partition coefficient (Wildman–Crippen LogP) is 6.69. The van der Waals surface area contributed by atoms with Gasteiger partial charge in [0, 0.05) is 27.6 Å². The molecule has 0 radical (unpaired) electrons. The average Bonchev–Trinajstić information content (AvgIpc) is 3.03. The van der Waals surface area contributed by atoms with E-state index in [4.69, 9.17) is 11.6 Å². The molecule has 0 aromatic heterocycles. The summed E-state index contributed by atoms with van der Waals surface area (Å²) in [5.41, 5.74) is 1.97. The summed E-state index contributed by atoms with van der Waals surface area (Å²) in [7, 11) is -4.14. The molecule has 0 fully saturated rings. The lowest BCUT2D eigenvalue weighted by Gasteiger charge is -2.34. The molecule has 0 saturated heterocycles. The number of nitrogens with zero attached hydrogens (tertiary/aromatic N) is 2. The van der Waals surface area contributed by atoms with Crippen molar-refractivity contribution in [2.75, 3.05) is 10.8 Å². The molecule has 2 amide bonds. The van der Waals surface area contributed by atoms with E-state index in [1.807, 2.05) is 44.2 Å². The summed E-state index contributed by atoms with van der Waals surface area (Å²) in [4.78, 5) is 29.8. The normalized spacial score (nSPS) is 12.6. The van der Waals surface area contributed by atoms with E-state index in [0.717, 1.165) is 19.0 Å². The van der Waals surface area contributed by atoms with E-state index >= 15 is 0 Å². The van der Waals surface area contributed by atoms with Crippen LogP contribution < -0.4 is 9.62 Å². The highest BCUT2D eigenvalue weighted by Gasteiger charge is 2.35. The average molecular weight is 744 g/mol. The van der Waals surface area contributed by atoms with Gasteiger partial charge in [-0.2, -0.15) is 0 Å². The Bertz CT molecular complexity index is 1640. The first kappa shape index (κ1) is 33.5. The Morgan fingerprint density at radius 3 is 2.02 bits per heavy atom. The summed E-state index contributed by atoms with van der Waals surface area (Å²) in [6.07, 6.45) is 0.961. The number of halogens is 2. The highest BCUT2D eigenvalue weighted by molar-refractivity contribution is 14.1. The summed E-state index contributed by atoms with van der Waals surface area (Å²) in [5.74, 6) is -0.824. The Morgan fingerprint density at radius 2 is 1.43 bits per heavy atom. The van der Waals surface area contributed by atoms with E-state index in [1.54, 1.807) is 66.7 Å². The highest BCUT2D eigenvalue weighted by atomic mass is 127. The molecule has 230 valence electrons. The van der Waals surface area contributed by atoms with Gasteiger partial charge < -0.3 is 10.2 Å². The lowest BCUT2D eigenvalue weighted by atomic mass is 10.0. The number of amides is 2. The lowest BCUT2D eigenvalue weighted by Crippen LogP contribution is -2.54. The van der Waals surface area contributed by atoms with Gasteiger partial charge in [0.2, 0.25) is 11.8 Å². The Hall–Kier alpha value is -3.41. The fourth-order valence-electron chi connectivity index (χ4n) is 4.64. The summed E-state index contributed by atoms with van der Waals surface area (Å²) >= 11 is 8.29. The molecule has 0 heterocycles. The second-order valence-corrected chi connectivity index (χ2v) is 14.0. The minimum absolute atomic E-state index is 0.0611. The first-order chi connectivity index (χ1) is 21.1. The van der Waals surface area contributed by atoms with Gasteiger partial charge in [-0.15, -0.1) is 0 Å². The fraction of sp³-hybridized carbons (Fsp3) is 0.235. The van der Waals surface area contributed by atoms with Gasteiger partial charge >= 0.3 is 0 Å². The molecule has 0 aliphatic heterocycles. The van der Waals surface area contributed by atoms with Crippen LogP contribution in [0.3, 0.4) is 0 Å². The second kappa shape index (κ2) is 15.5. The summed E-state index contributed by atoms with van der Waals surface area (Å²) in [6, 6.07) is 30.5. The van der Waals surface area contributed by atoms with Crippen LogP contribution in [0.4, 0.5) is 5.69 Å². The van der Waals surface area contributed by atoms with Crippen molar-refractivity contribution < 1.29 is 18.0 Å². The van der Waals surface area contributed by atoms with Gasteiger partial charge in [-0.3, -0.25) is 13.9 Å². The van der Waals surface area contributed by atoms with E-state index in [2.05, 4.69) is 27.9 Å². The smallest absolute Gasteiger partial charge is 0.264 e. The molecule has 0 spiro atoms. The van der Waals surface area contributed by atoms with E-state index in [1.165, 1.54) is 17.0 Å². The van der Waals surface area contributed by atoms with Crippen molar-refractivity contribution in [3.8, 4) is 0 Å². The number of sulfonamides is 1. The number of rotatable bonds is 13. The maximum Gasteiger partial charge on any atom is 0.264 e. The zero-order chi connectivity index (χ0) is 31.7. The van der Waals surface area contributed by atoms with Crippen LogP contribution >= 0.6 is 34.2 Å². The van der Waals surface area contributed by atoms with Crippen LogP contribution in [0.15, 0.2) is 114 Å². The topological polar surface area (TPSA) is 86.8 Å². The third-order valence-electron chi connectivity index (χ3n) is 7.26. The fourth-order valence-corrected chi connectivity index (χ4v) is 6.56. The number of hydrogen-bond acceptors (Lipinski definition) is 4. The second-order valence-electron chi connectivity index (χ2n) is 10.5. The molecule has 0 bridgehead atoms. The van der Waals surface area contributed by atoms with E-state index < -0.39 is 28.5 Å². The van der Waals surface area contributed by atoms with Gasteiger partial charge in [-0.1, -0.05) is 79.2 Å². The Kier molecular flexibility index (Phi) is 11.8. The molecule has 10 heteroatoms. The molecular weight excluding hydrogens is 709 g/mol. The van der Waals surface area contributed by atoms with Crippen LogP contribution in [0.2, 0.25) is 5.02 Å². The molecule has 2 atom stereocenters. The van der Waals surface area contributed by atoms with Gasteiger partial charge in [-0.05, 0) is 95.6 Å². The largest absolute Gasteiger partial charge is 0.352 e. The Morgan fingerprint density at radius 1 is 0.841 bits per heavy atom. The van der Waals surface area contributed by atoms with Crippen molar-refractivity contribution in [1.29, 1.82) is 0 Å². The van der Waals surface area contributed by atoms with Crippen LogP contribution in [-0.2, 0) is 32.6 Å². The first-order valence-electron chi connectivity index (χ1n) is 14.3. The number of benzene rings is 4. The van der Waals surface area contributed by atoms with Crippen molar-refractivity contribution in [1.82, 2.24) is 10.2 Å². The number of carbonyl (C=O) groups excluding carboxylic acids is 2. The third kappa shape index (κ3) is 8.83. The van der Waals surface area contributed by atoms with Gasteiger partial charge in [-0.25, -0.2) is 8.42 Å². The van der Waals surface area contributed by atoms with Crippen LogP contribution in [0, 0.1) is 3.57 Å². The molecular formula is C34H35ClIN3O4S. The quantitative estimate of drug-likeness (QED) is 0.155. The van der Waals surface area contributed by atoms with Crippen LogP contribution in [0.1, 0.15) is 31.4 Å². The van der Waals surface area contributed by atoms with Crippen molar-refractivity contribution in [3.63, 3.8) is 0 Å². The zero-order valence-corrected chi connectivity index (χ0v) is 28.3. The van der Waals surface area contributed by atoms with Crippen molar-refractivity contribution >= 4 is 61.7 Å². The molecule has 4 rings (SSSR count). The molecule has 7 nitrogen and oxygen atoms in total. The molecule has 0 saturated carbocycles. The van der Waals surface area contributed by atoms with Crippen molar-refractivity contribution in [2.24, 2.45) is 0 Å². The third-order valence-corrected chi connectivity index (χ3v) is 10.0. The lowest BCUT2D eigenvalue weighted by molar-refractivity contribution is -0.140. The SMILES string of the molecule is CC[C@H](C)NC(=O)[C@H](Cc1ccccc1)N(Cc1ccc(Cl)cc1)C(=O)CN(c1ccc(I)cc1)S(=O)(=O)c1ccccc1. The summed E-state index contributed by atoms with van der Waals surface area (Å²) in [5, 5.41) is 3.58. The maximum atomic E-state index is 14.4. The van der Waals surface area contributed by atoms with Crippen LogP contribution in [-0.4, -0.2) is 43.8 Å². The Balaban J connectivity index is 1.79. The minimum atomic E-state index is -4.14. The summed E-state index contributed by atoms with van der Waals surface area (Å²) < 4.78 is 30.1. The number of anilines is 1. The van der Waals surface area contributed by atoms with Crippen LogP contribution in [0.25, 0.3) is 0 Å². The summed E-state index contributed by atoms with van der Waals surface area (Å²) in [6.45, 7) is 3.45. The van der Waals surface area contributed by atoms with Crippen molar-refractivity contribution in [3.05, 3.63) is 129 Å². The maximum absolute atomic E-state index is 14.4. The van der Waals surface area contributed by atoms with E-state index in [-0.39, 0.29) is 29.8 Å². The molecule has 0 aliphatic carbocycles. The first-order valence-corrected chi connectivity index (χ1v) is 17.2. The van der Waals surface area contributed by atoms with Crippen LogP contribution in [0.5, 0.6) is 0 Å². The molecule has 4 aromatic rings. The number of nitrogens with one attached hydrogen (secondary N) is 1. The van der Waals surface area contributed by atoms with Crippen molar-refractivity contribution in [2.45, 2.75) is 50.2 Å². The van der Waals surface area contributed by atoms with E-state index in [0.29, 0.717) is 17.1 Å². The highest BCUT2D eigenvalue weighted by Crippen LogP contribution is 2.26. The molecule has 0 unspecified atom stereocenters. The van der Waals surface area contributed by atoms with Gasteiger partial charge in [0.15, 0.2) is 0 Å². The van der Waals surface area contributed by atoms with Gasteiger partial charge in [0.1, 0.15) is 12.6 Å². The number of hydrogen-bond donors (Lipinski definition) is 1. The molecule has 44 heavy (non-hydrogen) atoms. The molecule has 1 N–H and O–H groups in total. The predicted molar refractivity (Wildman–Crippen MR) is 184 cm³/mol. The number of carbonyl (C=O) groups is 2. The standard InChI is InChI=1S/C34H35ClIN3O4S/c1-3-25(2)37-34(41)32(22-26-10-6-4-7-11-26)38(23-27-14-16-28(35)17-15-27)33(40)24-39(30-20-18-29(36)19-21-30)44(42,43)31-12-8-5-9-13-31/h4-21,25,32H,3,22-24H2,1-2H3,(H,37,41)/t25-,32-/m0/s1. The monoisotopic (exact) mass is 743 g/mol.